The molecule has 18 heavy (non-hydrogen) atoms. The predicted octanol–water partition coefficient (Wildman–Crippen LogP) is 2.76. The number of hydrogen-bond donors (Lipinski definition) is 1. The summed E-state index contributed by atoms with van der Waals surface area (Å²) in [5.74, 6) is 1.94. The Labute approximate surface area is 111 Å². The van der Waals surface area contributed by atoms with Crippen LogP contribution in [0.1, 0.15) is 59.3 Å². The van der Waals surface area contributed by atoms with Gasteiger partial charge in [0.2, 0.25) is 5.91 Å². The molecule has 0 aromatic rings. The number of hydrogen-bond acceptors (Lipinski definition) is 2. The summed E-state index contributed by atoms with van der Waals surface area (Å²) in [5, 5.41) is 3.50. The number of nitrogens with zero attached hydrogens (tertiary/aromatic N) is 1. The van der Waals surface area contributed by atoms with Crippen LogP contribution in [-0.4, -0.2) is 29.6 Å². The van der Waals surface area contributed by atoms with Gasteiger partial charge in [-0.2, -0.15) is 0 Å². The minimum atomic E-state index is 0.0822. The first-order valence-corrected chi connectivity index (χ1v) is 7.72. The summed E-state index contributed by atoms with van der Waals surface area (Å²) in [7, 11) is 0. The maximum atomic E-state index is 12.4. The first-order valence-electron chi connectivity index (χ1n) is 7.72. The minimum Gasteiger partial charge on any atom is -0.326 e. The van der Waals surface area contributed by atoms with Crippen molar-refractivity contribution in [2.24, 2.45) is 11.8 Å². The van der Waals surface area contributed by atoms with E-state index in [2.05, 4.69) is 31.0 Å². The molecule has 1 aliphatic carbocycles. The molecule has 104 valence electrons. The van der Waals surface area contributed by atoms with Crippen molar-refractivity contribution in [1.29, 1.82) is 0 Å². The van der Waals surface area contributed by atoms with E-state index in [0.29, 0.717) is 5.91 Å². The van der Waals surface area contributed by atoms with E-state index >= 15 is 0 Å². The molecule has 1 aliphatic heterocycles. The SMILES string of the molecule is CCCC1NC(CC)N(CC2CCC(C)C2)C1=O. The van der Waals surface area contributed by atoms with Crippen LogP contribution in [-0.2, 0) is 4.79 Å². The van der Waals surface area contributed by atoms with Gasteiger partial charge in [-0.25, -0.2) is 0 Å². The van der Waals surface area contributed by atoms with Crippen LogP contribution in [0.5, 0.6) is 0 Å². The van der Waals surface area contributed by atoms with E-state index in [1.165, 1.54) is 19.3 Å². The summed E-state index contributed by atoms with van der Waals surface area (Å²) >= 11 is 0. The average Bonchev–Trinajstić information content (AvgIpc) is 2.88. The van der Waals surface area contributed by atoms with Crippen LogP contribution in [0.3, 0.4) is 0 Å². The Bertz CT molecular complexity index is 292. The Hall–Kier alpha value is -0.570. The summed E-state index contributed by atoms with van der Waals surface area (Å²) in [6, 6.07) is 0.0822. The zero-order valence-electron chi connectivity index (χ0n) is 12.1. The summed E-state index contributed by atoms with van der Waals surface area (Å²) in [6.07, 6.45) is 7.31. The van der Waals surface area contributed by atoms with Crippen LogP contribution >= 0.6 is 0 Å². The number of amides is 1. The van der Waals surface area contributed by atoms with Gasteiger partial charge in [0.15, 0.2) is 0 Å². The molecule has 1 heterocycles. The van der Waals surface area contributed by atoms with Gasteiger partial charge < -0.3 is 4.90 Å². The highest BCUT2D eigenvalue weighted by Crippen LogP contribution is 2.32. The van der Waals surface area contributed by atoms with E-state index in [9.17, 15) is 4.79 Å². The van der Waals surface area contributed by atoms with Gasteiger partial charge >= 0.3 is 0 Å². The van der Waals surface area contributed by atoms with Crippen molar-refractivity contribution in [2.45, 2.75) is 71.5 Å². The van der Waals surface area contributed by atoms with Gasteiger partial charge in [0.1, 0.15) is 0 Å². The Morgan fingerprint density at radius 3 is 2.67 bits per heavy atom. The number of rotatable bonds is 5. The fourth-order valence-electron chi connectivity index (χ4n) is 3.57. The second kappa shape index (κ2) is 6.05. The van der Waals surface area contributed by atoms with Gasteiger partial charge in [0.05, 0.1) is 12.2 Å². The molecule has 1 saturated carbocycles. The lowest BCUT2D eigenvalue weighted by molar-refractivity contribution is -0.130. The lowest BCUT2D eigenvalue weighted by Crippen LogP contribution is -2.39. The lowest BCUT2D eigenvalue weighted by Gasteiger charge is -2.26. The Morgan fingerprint density at radius 2 is 2.11 bits per heavy atom. The maximum Gasteiger partial charge on any atom is 0.241 e. The molecule has 3 nitrogen and oxygen atoms in total. The van der Waals surface area contributed by atoms with E-state index in [4.69, 9.17) is 0 Å². The summed E-state index contributed by atoms with van der Waals surface area (Å²) in [6.45, 7) is 7.64. The van der Waals surface area contributed by atoms with Crippen molar-refractivity contribution in [3.05, 3.63) is 0 Å². The third kappa shape index (κ3) is 2.87. The number of carbonyl (C=O) groups is 1. The molecular weight excluding hydrogens is 224 g/mol. The Morgan fingerprint density at radius 1 is 1.33 bits per heavy atom. The molecule has 0 bridgehead atoms. The van der Waals surface area contributed by atoms with Crippen LogP contribution < -0.4 is 5.32 Å². The first kappa shape index (κ1) is 13.9. The first-order chi connectivity index (χ1) is 8.65. The van der Waals surface area contributed by atoms with E-state index < -0.39 is 0 Å². The van der Waals surface area contributed by atoms with Crippen molar-refractivity contribution < 1.29 is 4.79 Å². The van der Waals surface area contributed by atoms with Gasteiger partial charge in [-0.05, 0) is 37.5 Å². The molecule has 0 aromatic carbocycles. The second-order valence-corrected chi connectivity index (χ2v) is 6.21. The Balaban J connectivity index is 1.94. The molecule has 1 amide bonds. The molecule has 2 fully saturated rings. The van der Waals surface area contributed by atoms with E-state index in [1.807, 2.05) is 0 Å². The second-order valence-electron chi connectivity index (χ2n) is 6.21. The maximum absolute atomic E-state index is 12.4. The number of carbonyl (C=O) groups excluding carboxylic acids is 1. The van der Waals surface area contributed by atoms with Gasteiger partial charge in [-0.15, -0.1) is 0 Å². The highest BCUT2D eigenvalue weighted by atomic mass is 16.2. The molecular formula is C15H28N2O. The van der Waals surface area contributed by atoms with Gasteiger partial charge in [-0.1, -0.05) is 33.6 Å². The monoisotopic (exact) mass is 252 g/mol. The van der Waals surface area contributed by atoms with Gasteiger partial charge in [0, 0.05) is 6.54 Å². The molecule has 0 spiro atoms. The standard InChI is InChI=1S/C15H28N2O/c1-4-6-13-15(18)17(14(5-2)16-13)10-12-8-7-11(3)9-12/h11-14,16H,4-10H2,1-3H3. The lowest BCUT2D eigenvalue weighted by atomic mass is 10.1. The molecule has 4 unspecified atom stereocenters. The molecule has 1 saturated heterocycles. The normalized spacial score (nSPS) is 36.6. The average molecular weight is 252 g/mol. The molecule has 0 aromatic heterocycles. The van der Waals surface area contributed by atoms with Crippen molar-refractivity contribution in [3.8, 4) is 0 Å². The fourth-order valence-corrected chi connectivity index (χ4v) is 3.57. The summed E-state index contributed by atoms with van der Waals surface area (Å²) in [5.41, 5.74) is 0. The van der Waals surface area contributed by atoms with Gasteiger partial charge in [0.25, 0.3) is 0 Å². The molecule has 3 heteroatoms. The number of nitrogens with one attached hydrogen (secondary N) is 1. The zero-order chi connectivity index (χ0) is 13.1. The van der Waals surface area contributed by atoms with Crippen molar-refractivity contribution in [1.82, 2.24) is 10.2 Å². The van der Waals surface area contributed by atoms with Crippen LogP contribution in [0.4, 0.5) is 0 Å². The highest BCUT2D eigenvalue weighted by molar-refractivity contribution is 5.84. The van der Waals surface area contributed by atoms with Crippen molar-refractivity contribution in [2.75, 3.05) is 6.54 Å². The molecule has 0 radical (unpaired) electrons. The topological polar surface area (TPSA) is 32.3 Å². The van der Waals surface area contributed by atoms with Crippen molar-refractivity contribution in [3.63, 3.8) is 0 Å². The summed E-state index contributed by atoms with van der Waals surface area (Å²) in [4.78, 5) is 14.5. The van der Waals surface area contributed by atoms with Gasteiger partial charge in [-0.3, -0.25) is 10.1 Å². The zero-order valence-corrected chi connectivity index (χ0v) is 12.1. The summed E-state index contributed by atoms with van der Waals surface area (Å²) < 4.78 is 0. The minimum absolute atomic E-state index is 0.0822. The third-order valence-electron chi connectivity index (χ3n) is 4.57. The largest absolute Gasteiger partial charge is 0.326 e. The van der Waals surface area contributed by atoms with E-state index in [0.717, 1.165) is 37.6 Å². The quantitative estimate of drug-likeness (QED) is 0.816. The van der Waals surface area contributed by atoms with E-state index in [-0.39, 0.29) is 12.2 Å². The third-order valence-corrected chi connectivity index (χ3v) is 4.57. The molecule has 2 aliphatic rings. The molecule has 1 N–H and O–H groups in total. The fraction of sp³-hybridized carbons (Fsp3) is 0.933. The van der Waals surface area contributed by atoms with Crippen LogP contribution in [0.2, 0.25) is 0 Å². The highest BCUT2D eigenvalue weighted by Gasteiger charge is 2.38. The smallest absolute Gasteiger partial charge is 0.241 e. The van der Waals surface area contributed by atoms with E-state index in [1.54, 1.807) is 0 Å². The molecule has 4 atom stereocenters. The molecule has 2 rings (SSSR count). The van der Waals surface area contributed by atoms with Crippen LogP contribution in [0, 0.1) is 11.8 Å². The van der Waals surface area contributed by atoms with Crippen LogP contribution in [0.15, 0.2) is 0 Å². The predicted molar refractivity (Wildman–Crippen MR) is 74.1 cm³/mol. The Kier molecular flexibility index (Phi) is 4.66. The van der Waals surface area contributed by atoms with Crippen LogP contribution in [0.25, 0.3) is 0 Å². The van der Waals surface area contributed by atoms with Crippen molar-refractivity contribution >= 4 is 5.91 Å².